The van der Waals surface area contributed by atoms with Crippen molar-refractivity contribution in [3.8, 4) is 0 Å². The summed E-state index contributed by atoms with van der Waals surface area (Å²) in [6, 6.07) is 8.46. The Balaban J connectivity index is 1.75. The predicted octanol–water partition coefficient (Wildman–Crippen LogP) is 4.13. The van der Waals surface area contributed by atoms with Crippen molar-refractivity contribution in [2.24, 2.45) is 0 Å². The Morgan fingerprint density at radius 3 is 2.18 bits per heavy atom. The monoisotopic (exact) mass is 485 g/mol. The van der Waals surface area contributed by atoms with Crippen LogP contribution in [0.15, 0.2) is 30.3 Å². The lowest BCUT2D eigenvalue weighted by atomic mass is 10.0. The molecule has 3 heterocycles. The molecule has 186 valence electrons. The number of nitrogens with one attached hydrogen (secondary N) is 1. The summed E-state index contributed by atoms with van der Waals surface area (Å²) in [5, 5.41) is 3.38. The molecule has 0 unspecified atom stereocenters. The third kappa shape index (κ3) is 5.16. The molecule has 3 fully saturated rings. The maximum absolute atomic E-state index is 14.8. The minimum Gasteiger partial charge on any atom is -0.371 e. The molecular weight excluding hydrogens is 449 g/mol. The van der Waals surface area contributed by atoms with Gasteiger partial charge in [-0.15, -0.1) is 0 Å². The fourth-order valence-corrected chi connectivity index (χ4v) is 7.40. The summed E-state index contributed by atoms with van der Waals surface area (Å²) >= 11 is 0. The third-order valence-electron chi connectivity index (χ3n) is 5.87. The van der Waals surface area contributed by atoms with E-state index in [0.29, 0.717) is 13.2 Å². The molecule has 9 nitrogen and oxygen atoms in total. The number of hydrogen-bond donors (Lipinski definition) is 1. The molecule has 0 radical (unpaired) electrons. The number of hydrogen-bond acceptors (Lipinski definition) is 9. The van der Waals surface area contributed by atoms with Crippen LogP contribution >= 0.6 is 7.37 Å². The zero-order chi connectivity index (χ0) is 23.9. The summed E-state index contributed by atoms with van der Waals surface area (Å²) < 4.78 is 57.4. The average molecular weight is 486 g/mol. The van der Waals surface area contributed by atoms with Crippen LogP contribution in [-0.4, -0.2) is 67.6 Å². The summed E-state index contributed by atoms with van der Waals surface area (Å²) in [5.41, 5.74) is 0.783. The van der Waals surface area contributed by atoms with Gasteiger partial charge >= 0.3 is 0 Å². The first-order valence-electron chi connectivity index (χ1n) is 11.6. The minimum atomic E-state index is -3.71. The first-order valence-corrected chi connectivity index (χ1v) is 13.3. The zero-order valence-corrected chi connectivity index (χ0v) is 21.1. The molecule has 0 bridgehead atoms. The highest BCUT2D eigenvalue weighted by Gasteiger charge is 2.64. The molecule has 0 amide bonds. The highest BCUT2D eigenvalue weighted by Crippen LogP contribution is 2.65. The molecule has 33 heavy (non-hydrogen) atoms. The van der Waals surface area contributed by atoms with E-state index in [1.807, 2.05) is 71.9 Å². The van der Waals surface area contributed by atoms with E-state index in [-0.39, 0.29) is 6.61 Å². The number of rotatable bonds is 8. The lowest BCUT2D eigenvalue weighted by Crippen LogP contribution is -2.57. The van der Waals surface area contributed by atoms with Crippen molar-refractivity contribution in [1.82, 2.24) is 0 Å². The van der Waals surface area contributed by atoms with Crippen LogP contribution in [0, 0.1) is 0 Å². The molecule has 0 aliphatic carbocycles. The van der Waals surface area contributed by atoms with Crippen molar-refractivity contribution >= 4 is 13.1 Å². The highest BCUT2D eigenvalue weighted by molar-refractivity contribution is 7.60. The van der Waals surface area contributed by atoms with Crippen LogP contribution in [0.3, 0.4) is 0 Å². The number of fused-ring (bicyclic) bond motifs is 1. The van der Waals surface area contributed by atoms with Gasteiger partial charge in [-0.2, -0.15) is 0 Å². The summed E-state index contributed by atoms with van der Waals surface area (Å²) in [6.07, 6.45) is -2.31. The molecule has 10 heteroatoms. The molecular formula is C23H36NO8P. The largest absolute Gasteiger partial charge is 0.371 e. The maximum atomic E-state index is 14.8. The van der Waals surface area contributed by atoms with Gasteiger partial charge in [0.15, 0.2) is 11.6 Å². The van der Waals surface area contributed by atoms with Gasteiger partial charge in [-0.05, 0) is 53.7 Å². The van der Waals surface area contributed by atoms with Crippen molar-refractivity contribution in [3.63, 3.8) is 0 Å². The number of benzene rings is 1. The zero-order valence-electron chi connectivity index (χ0n) is 20.2. The van der Waals surface area contributed by atoms with E-state index in [4.69, 9.17) is 32.9 Å². The maximum Gasteiger partial charge on any atom is 0.282 e. The van der Waals surface area contributed by atoms with Gasteiger partial charge in [0, 0.05) is 18.9 Å². The van der Waals surface area contributed by atoms with Gasteiger partial charge in [-0.25, -0.2) is 0 Å². The minimum absolute atomic E-state index is 0.287. The molecule has 1 N–H and O–H groups in total. The topological polar surface area (TPSA) is 93.7 Å². The van der Waals surface area contributed by atoms with Crippen molar-refractivity contribution in [2.45, 2.75) is 89.3 Å². The Morgan fingerprint density at radius 2 is 1.61 bits per heavy atom. The normalized spacial score (nSPS) is 37.2. The van der Waals surface area contributed by atoms with Crippen molar-refractivity contribution in [3.05, 3.63) is 30.3 Å². The number of para-hydroxylation sites is 1. The second kappa shape index (κ2) is 9.55. The van der Waals surface area contributed by atoms with E-state index in [9.17, 15) is 4.57 Å². The second-order valence-electron chi connectivity index (χ2n) is 9.32. The average Bonchev–Trinajstić information content (AvgIpc) is 3.28. The van der Waals surface area contributed by atoms with E-state index in [1.165, 1.54) is 0 Å². The van der Waals surface area contributed by atoms with Crippen LogP contribution in [0.25, 0.3) is 0 Å². The summed E-state index contributed by atoms with van der Waals surface area (Å²) in [5.74, 6) is -2.44. The van der Waals surface area contributed by atoms with E-state index in [1.54, 1.807) is 0 Å². The molecule has 1 aromatic rings. The van der Waals surface area contributed by atoms with Gasteiger partial charge in [0.1, 0.15) is 30.2 Å². The van der Waals surface area contributed by atoms with Crippen LogP contribution < -0.4 is 5.32 Å². The molecule has 3 saturated heterocycles. The van der Waals surface area contributed by atoms with Crippen LogP contribution in [0.5, 0.6) is 0 Å². The number of anilines is 1. The van der Waals surface area contributed by atoms with Crippen LogP contribution in [-0.2, 0) is 37.5 Å². The molecule has 4 rings (SSSR count). The van der Waals surface area contributed by atoms with Gasteiger partial charge in [-0.1, -0.05) is 18.2 Å². The first-order chi connectivity index (χ1) is 15.6. The fraction of sp³-hybridized carbons (Fsp3) is 0.739. The second-order valence-corrected chi connectivity index (χ2v) is 11.8. The smallest absolute Gasteiger partial charge is 0.282 e. The van der Waals surface area contributed by atoms with Crippen molar-refractivity contribution in [2.75, 3.05) is 25.1 Å². The molecule has 1 aromatic carbocycles. The Bertz CT molecular complexity index is 844. The van der Waals surface area contributed by atoms with Crippen LogP contribution in [0.4, 0.5) is 5.69 Å². The van der Waals surface area contributed by atoms with E-state index in [2.05, 4.69) is 5.32 Å². The number of ether oxygens (including phenoxy) is 6. The lowest BCUT2D eigenvalue weighted by molar-refractivity contribution is -0.176. The molecule has 6 atom stereocenters. The SMILES string of the molecule is CCOC(OCC)[P@]1(=O)O[C@H]([C@H]2COC(C)(C)O2)[C@@H]2OC(C)(C)O[C@@H]2[C@@H]1Nc1ccccc1. The summed E-state index contributed by atoms with van der Waals surface area (Å²) in [6.45, 7) is 11.9. The van der Waals surface area contributed by atoms with Gasteiger partial charge < -0.3 is 38.3 Å². The Morgan fingerprint density at radius 1 is 0.970 bits per heavy atom. The summed E-state index contributed by atoms with van der Waals surface area (Å²) in [4.78, 5) is 0. The molecule has 0 aromatic heterocycles. The van der Waals surface area contributed by atoms with Crippen molar-refractivity contribution < 1.29 is 37.5 Å². The fourth-order valence-electron chi connectivity index (χ4n) is 4.59. The van der Waals surface area contributed by atoms with Crippen LogP contribution in [0.1, 0.15) is 41.5 Å². The van der Waals surface area contributed by atoms with Crippen molar-refractivity contribution in [1.29, 1.82) is 0 Å². The molecule has 3 aliphatic rings. The first kappa shape index (κ1) is 25.1. The lowest BCUT2D eigenvalue weighted by Gasteiger charge is -2.45. The van der Waals surface area contributed by atoms with Gasteiger partial charge in [0.2, 0.25) is 6.03 Å². The van der Waals surface area contributed by atoms with E-state index < -0.39 is 55.2 Å². The standard InChI is InChI=1S/C23H36NO8P/c1-7-26-21(27-8-2)33(25)20(24-15-12-10-9-11-13-15)19-18(30-23(5,6)31-19)17(32-33)16-14-28-22(3,4)29-16/h9-13,16-21,24H,7-8,14H2,1-6H3/t16-,17-,18+,19+,20-,33-/m1/s1. The summed E-state index contributed by atoms with van der Waals surface area (Å²) in [7, 11) is -3.71. The van der Waals surface area contributed by atoms with E-state index in [0.717, 1.165) is 5.69 Å². The Hall–Kier alpha value is -1.03. The van der Waals surface area contributed by atoms with Gasteiger partial charge in [0.05, 0.1) is 6.61 Å². The quantitative estimate of drug-likeness (QED) is 0.431. The molecule has 0 saturated carbocycles. The molecule has 0 spiro atoms. The van der Waals surface area contributed by atoms with Crippen LogP contribution in [0.2, 0.25) is 0 Å². The Labute approximate surface area is 195 Å². The molecule has 3 aliphatic heterocycles. The third-order valence-corrected chi connectivity index (χ3v) is 8.53. The predicted molar refractivity (Wildman–Crippen MR) is 122 cm³/mol. The van der Waals surface area contributed by atoms with Gasteiger partial charge in [-0.3, -0.25) is 4.57 Å². The van der Waals surface area contributed by atoms with Gasteiger partial charge in [0.25, 0.3) is 7.37 Å². The van der Waals surface area contributed by atoms with E-state index >= 15 is 0 Å². The Kier molecular flexibility index (Phi) is 7.26. The highest BCUT2D eigenvalue weighted by atomic mass is 31.2.